The van der Waals surface area contributed by atoms with Gasteiger partial charge in [0.1, 0.15) is 16.4 Å². The van der Waals surface area contributed by atoms with E-state index in [4.69, 9.17) is 10.2 Å². The molecule has 0 aliphatic carbocycles. The molecule has 2 aromatic rings. The summed E-state index contributed by atoms with van der Waals surface area (Å²) in [6.45, 7) is 3.47. The average Bonchev–Trinajstić information content (AvgIpc) is 2.85. The normalized spacial score (nSPS) is 10.3. The van der Waals surface area contributed by atoms with Crippen molar-refractivity contribution >= 4 is 28.3 Å². The Balaban J connectivity index is 2.16. The van der Waals surface area contributed by atoms with Crippen molar-refractivity contribution in [3.8, 4) is 0 Å². The Kier molecular flexibility index (Phi) is 3.15. The molecule has 7 heteroatoms. The molecule has 0 aliphatic rings. The maximum atomic E-state index is 11.9. The molecule has 0 saturated carbocycles. The number of hydrogen-bond donors (Lipinski definition) is 2. The minimum atomic E-state index is -0.566. The van der Waals surface area contributed by atoms with Gasteiger partial charge in [0, 0.05) is 0 Å². The average molecular weight is 265 g/mol. The quantitative estimate of drug-likeness (QED) is 0.882. The molecule has 0 radical (unpaired) electrons. The van der Waals surface area contributed by atoms with E-state index in [1.54, 1.807) is 19.9 Å². The van der Waals surface area contributed by atoms with E-state index in [-0.39, 0.29) is 5.91 Å². The van der Waals surface area contributed by atoms with Crippen LogP contribution in [0.3, 0.4) is 0 Å². The smallest absolute Gasteiger partial charge is 0.260 e. The second-order valence-corrected chi connectivity index (χ2v) is 4.71. The van der Waals surface area contributed by atoms with E-state index in [1.165, 1.54) is 6.20 Å². The summed E-state index contributed by atoms with van der Waals surface area (Å²) in [6.07, 6.45) is 1.33. The largest absolute Gasteiger partial charge is 0.466 e. The maximum Gasteiger partial charge on any atom is 0.260 e. The van der Waals surface area contributed by atoms with Crippen molar-refractivity contribution in [2.45, 2.75) is 13.8 Å². The first-order valence-corrected chi connectivity index (χ1v) is 5.93. The predicted octanol–water partition coefficient (Wildman–Crippen LogP) is 1.70. The van der Waals surface area contributed by atoms with Crippen LogP contribution in [0.1, 0.15) is 31.6 Å². The monoisotopic (exact) mass is 265 g/mol. The van der Waals surface area contributed by atoms with Crippen LogP contribution in [0.4, 0.5) is 5.13 Å². The van der Waals surface area contributed by atoms with Gasteiger partial charge in [0.2, 0.25) is 0 Å². The molecule has 18 heavy (non-hydrogen) atoms. The number of nitrogens with zero attached hydrogens (tertiary/aromatic N) is 1. The lowest BCUT2D eigenvalue weighted by Gasteiger charge is -1.98. The number of nitrogens with one attached hydrogen (secondary N) is 1. The molecule has 2 amide bonds. The van der Waals surface area contributed by atoms with Crippen molar-refractivity contribution < 1.29 is 14.0 Å². The highest BCUT2D eigenvalue weighted by molar-refractivity contribution is 7.17. The van der Waals surface area contributed by atoms with Crippen molar-refractivity contribution in [3.05, 3.63) is 34.2 Å². The van der Waals surface area contributed by atoms with Gasteiger partial charge in [-0.3, -0.25) is 14.9 Å². The number of carbonyl (C=O) groups excluding carboxylic acids is 2. The fourth-order valence-electron chi connectivity index (χ4n) is 1.47. The Morgan fingerprint density at radius 1 is 1.44 bits per heavy atom. The molecular formula is C11H11N3O3S. The molecule has 0 atom stereocenters. The molecule has 0 unspecified atom stereocenters. The second kappa shape index (κ2) is 4.61. The Bertz CT molecular complexity index is 615. The Morgan fingerprint density at radius 2 is 2.17 bits per heavy atom. The highest BCUT2D eigenvalue weighted by Gasteiger charge is 2.15. The van der Waals surface area contributed by atoms with Crippen LogP contribution in [0.15, 0.2) is 16.7 Å². The molecular weight excluding hydrogens is 254 g/mol. The van der Waals surface area contributed by atoms with Gasteiger partial charge in [-0.05, 0) is 19.9 Å². The third kappa shape index (κ3) is 2.40. The van der Waals surface area contributed by atoms with Crippen LogP contribution < -0.4 is 11.1 Å². The molecule has 2 rings (SSSR count). The SMILES string of the molecule is Cc1cc(C(=O)Nc2ncc(C(N)=O)s2)c(C)o1. The number of thiazole rings is 1. The van der Waals surface area contributed by atoms with Gasteiger partial charge in [0.25, 0.3) is 11.8 Å². The summed E-state index contributed by atoms with van der Waals surface area (Å²) in [5, 5.41) is 2.91. The van der Waals surface area contributed by atoms with Gasteiger partial charge in [-0.1, -0.05) is 11.3 Å². The van der Waals surface area contributed by atoms with Gasteiger partial charge in [0.05, 0.1) is 11.8 Å². The van der Waals surface area contributed by atoms with Gasteiger partial charge in [-0.15, -0.1) is 0 Å². The molecule has 0 fully saturated rings. The number of aryl methyl sites for hydroxylation is 2. The van der Waals surface area contributed by atoms with E-state index in [9.17, 15) is 9.59 Å². The lowest BCUT2D eigenvalue weighted by atomic mass is 10.2. The number of carbonyl (C=O) groups is 2. The minimum absolute atomic E-state index is 0.297. The standard InChI is InChI=1S/C11H11N3O3S/c1-5-3-7(6(2)17-5)10(16)14-11-13-4-8(18-11)9(12)15/h3-4H,1-2H3,(H2,12,15)(H,13,14,16). The third-order valence-electron chi connectivity index (χ3n) is 2.25. The van der Waals surface area contributed by atoms with Crippen LogP contribution in [0, 0.1) is 13.8 Å². The Labute approximate surface area is 107 Å². The second-order valence-electron chi connectivity index (χ2n) is 3.67. The molecule has 0 spiro atoms. The number of rotatable bonds is 3. The number of anilines is 1. The van der Waals surface area contributed by atoms with E-state index < -0.39 is 5.91 Å². The summed E-state index contributed by atoms with van der Waals surface area (Å²) in [5.41, 5.74) is 5.55. The van der Waals surface area contributed by atoms with Gasteiger partial charge >= 0.3 is 0 Å². The number of furan rings is 1. The molecule has 6 nitrogen and oxygen atoms in total. The van der Waals surface area contributed by atoms with Crippen LogP contribution in [0.5, 0.6) is 0 Å². The van der Waals surface area contributed by atoms with Crippen LogP contribution in [0.2, 0.25) is 0 Å². The number of hydrogen-bond acceptors (Lipinski definition) is 5. The Morgan fingerprint density at radius 3 is 2.67 bits per heavy atom. The zero-order chi connectivity index (χ0) is 13.3. The van der Waals surface area contributed by atoms with Crippen LogP contribution >= 0.6 is 11.3 Å². The first kappa shape index (κ1) is 12.3. The zero-order valence-electron chi connectivity index (χ0n) is 9.81. The van der Waals surface area contributed by atoms with E-state index in [0.29, 0.717) is 27.1 Å². The van der Waals surface area contributed by atoms with Crippen molar-refractivity contribution in [3.63, 3.8) is 0 Å². The van der Waals surface area contributed by atoms with Gasteiger partial charge in [-0.25, -0.2) is 4.98 Å². The Hall–Kier alpha value is -2.15. The molecule has 0 saturated heterocycles. The molecule has 2 heterocycles. The maximum absolute atomic E-state index is 11.9. The molecule has 94 valence electrons. The van der Waals surface area contributed by atoms with Crippen molar-refractivity contribution in [1.82, 2.24) is 4.98 Å². The highest BCUT2D eigenvalue weighted by atomic mass is 32.1. The first-order valence-electron chi connectivity index (χ1n) is 5.11. The zero-order valence-corrected chi connectivity index (χ0v) is 10.6. The topological polar surface area (TPSA) is 98.2 Å². The number of nitrogens with two attached hydrogens (primary N) is 1. The van der Waals surface area contributed by atoms with Crippen molar-refractivity contribution in [1.29, 1.82) is 0 Å². The summed E-state index contributed by atoms with van der Waals surface area (Å²) < 4.78 is 5.26. The van der Waals surface area contributed by atoms with Crippen molar-refractivity contribution in [2.24, 2.45) is 5.73 Å². The lowest BCUT2D eigenvalue weighted by Crippen LogP contribution is -2.11. The molecule has 0 aliphatic heterocycles. The molecule has 2 aromatic heterocycles. The summed E-state index contributed by atoms with van der Waals surface area (Å²) in [5.74, 6) is 0.310. The number of amides is 2. The molecule has 0 aromatic carbocycles. The van der Waals surface area contributed by atoms with Gasteiger partial charge < -0.3 is 10.2 Å². The highest BCUT2D eigenvalue weighted by Crippen LogP contribution is 2.20. The van der Waals surface area contributed by atoms with Gasteiger partial charge in [-0.2, -0.15) is 0 Å². The van der Waals surface area contributed by atoms with E-state index in [0.717, 1.165) is 11.3 Å². The first-order chi connectivity index (χ1) is 8.47. The van der Waals surface area contributed by atoms with E-state index in [2.05, 4.69) is 10.3 Å². The number of primary amides is 1. The summed E-state index contributed by atoms with van der Waals surface area (Å²) >= 11 is 1.03. The number of aromatic nitrogens is 1. The third-order valence-corrected chi connectivity index (χ3v) is 3.18. The van der Waals surface area contributed by atoms with Crippen LogP contribution in [-0.2, 0) is 0 Å². The molecule has 3 N–H and O–H groups in total. The van der Waals surface area contributed by atoms with E-state index in [1.807, 2.05) is 0 Å². The fourth-order valence-corrected chi connectivity index (χ4v) is 2.13. The lowest BCUT2D eigenvalue weighted by molar-refractivity contribution is 0.100. The predicted molar refractivity (Wildman–Crippen MR) is 66.8 cm³/mol. The van der Waals surface area contributed by atoms with Crippen LogP contribution in [0.25, 0.3) is 0 Å². The minimum Gasteiger partial charge on any atom is -0.466 e. The summed E-state index contributed by atoms with van der Waals surface area (Å²) in [7, 11) is 0. The van der Waals surface area contributed by atoms with Gasteiger partial charge in [0.15, 0.2) is 5.13 Å². The van der Waals surface area contributed by atoms with E-state index >= 15 is 0 Å². The summed E-state index contributed by atoms with van der Waals surface area (Å²) in [6, 6.07) is 1.65. The van der Waals surface area contributed by atoms with Crippen LogP contribution in [-0.4, -0.2) is 16.8 Å². The summed E-state index contributed by atoms with van der Waals surface area (Å²) in [4.78, 5) is 27.0. The van der Waals surface area contributed by atoms with Crippen molar-refractivity contribution in [2.75, 3.05) is 5.32 Å². The molecule has 0 bridgehead atoms. The fraction of sp³-hybridized carbons (Fsp3) is 0.182.